The molecule has 0 saturated carbocycles. The lowest BCUT2D eigenvalue weighted by atomic mass is 9.84. The molecule has 2 atom stereocenters. The van der Waals surface area contributed by atoms with Crippen molar-refractivity contribution in [3.8, 4) is 0 Å². The summed E-state index contributed by atoms with van der Waals surface area (Å²) in [6.07, 6.45) is -1.51. The molecule has 0 rings (SSSR count). The molecule has 0 fully saturated rings. The summed E-state index contributed by atoms with van der Waals surface area (Å²) in [6, 6.07) is 0. The Bertz CT molecular complexity index is 373. The molecule has 11 nitrogen and oxygen atoms in total. The van der Waals surface area contributed by atoms with E-state index in [1.54, 1.807) is 0 Å². The van der Waals surface area contributed by atoms with Crippen LogP contribution in [0.2, 0.25) is 0 Å². The Balaban J connectivity index is 5.78. The standard InChI is InChI=1S/C7H12N4O7/c8-5(9)11-7(10,4(16)17)6(18,3(14)15)1-2(12)13/h18H,1,10H2,(H,12,13)(H,14,15)(H,16,17)(H4,8,9,11). The predicted octanol–water partition coefficient (Wildman–Crippen LogP) is -3.50. The van der Waals surface area contributed by atoms with Gasteiger partial charge in [0, 0.05) is 0 Å². The monoisotopic (exact) mass is 264 g/mol. The van der Waals surface area contributed by atoms with Crippen LogP contribution in [0, 0.1) is 5.41 Å². The average molecular weight is 264 g/mol. The lowest BCUT2D eigenvalue weighted by molar-refractivity contribution is -0.183. The van der Waals surface area contributed by atoms with Crippen molar-refractivity contribution < 1.29 is 34.8 Å². The minimum absolute atomic E-state index is 1.05. The van der Waals surface area contributed by atoms with E-state index in [2.05, 4.69) is 0 Å². The highest BCUT2D eigenvalue weighted by molar-refractivity contribution is 5.97. The zero-order chi connectivity index (χ0) is 14.7. The molecule has 2 unspecified atom stereocenters. The molecule has 102 valence electrons. The Morgan fingerprint density at radius 1 is 1.17 bits per heavy atom. The van der Waals surface area contributed by atoms with Crippen LogP contribution in [-0.4, -0.2) is 55.6 Å². The molecule has 0 aromatic rings. The van der Waals surface area contributed by atoms with Crippen LogP contribution in [0.15, 0.2) is 0 Å². The zero-order valence-corrected chi connectivity index (χ0v) is 8.88. The van der Waals surface area contributed by atoms with Gasteiger partial charge in [0.1, 0.15) is 0 Å². The minimum atomic E-state index is -3.41. The maximum atomic E-state index is 10.9. The molecule has 0 heterocycles. The summed E-state index contributed by atoms with van der Waals surface area (Å²) in [4.78, 5) is 32.3. The van der Waals surface area contributed by atoms with Crippen molar-refractivity contribution in [1.29, 1.82) is 5.41 Å². The van der Waals surface area contributed by atoms with E-state index in [9.17, 15) is 19.5 Å². The largest absolute Gasteiger partial charge is 0.481 e. The summed E-state index contributed by atoms with van der Waals surface area (Å²) >= 11 is 0. The van der Waals surface area contributed by atoms with Crippen LogP contribution in [0.3, 0.4) is 0 Å². The number of hydrogen-bond donors (Lipinski definition) is 8. The first-order valence-electron chi connectivity index (χ1n) is 4.29. The van der Waals surface area contributed by atoms with E-state index in [1.807, 2.05) is 0 Å². The van der Waals surface area contributed by atoms with Crippen LogP contribution < -0.4 is 16.8 Å². The molecular weight excluding hydrogens is 252 g/mol. The van der Waals surface area contributed by atoms with E-state index < -0.39 is 41.6 Å². The van der Waals surface area contributed by atoms with Gasteiger partial charge in [0.2, 0.25) is 11.3 Å². The summed E-state index contributed by atoms with van der Waals surface area (Å²) in [5.41, 5.74) is 3.38. The van der Waals surface area contributed by atoms with Crippen LogP contribution in [0.5, 0.6) is 0 Å². The van der Waals surface area contributed by atoms with E-state index in [4.69, 9.17) is 32.2 Å². The Labute approximate surface area is 99.5 Å². The van der Waals surface area contributed by atoms with Crippen molar-refractivity contribution >= 4 is 23.9 Å². The first kappa shape index (κ1) is 15.6. The van der Waals surface area contributed by atoms with Gasteiger partial charge in [-0.3, -0.25) is 15.9 Å². The second-order valence-corrected chi connectivity index (χ2v) is 3.39. The number of rotatable bonds is 6. The predicted molar refractivity (Wildman–Crippen MR) is 54.4 cm³/mol. The summed E-state index contributed by atoms with van der Waals surface area (Å²) in [6.45, 7) is 0. The lowest BCUT2D eigenvalue weighted by Gasteiger charge is -2.37. The average Bonchev–Trinajstić information content (AvgIpc) is 2.14. The highest BCUT2D eigenvalue weighted by Crippen LogP contribution is 2.23. The number of nitrogens with one attached hydrogen (secondary N) is 2. The van der Waals surface area contributed by atoms with Gasteiger partial charge in [-0.2, -0.15) is 0 Å². The lowest BCUT2D eigenvalue weighted by Crippen LogP contribution is -2.78. The van der Waals surface area contributed by atoms with E-state index >= 15 is 0 Å². The van der Waals surface area contributed by atoms with Crippen LogP contribution in [-0.2, 0) is 14.4 Å². The fourth-order valence-corrected chi connectivity index (χ4v) is 1.15. The van der Waals surface area contributed by atoms with E-state index in [1.165, 1.54) is 5.32 Å². The minimum Gasteiger partial charge on any atom is -0.481 e. The molecule has 11 heteroatoms. The third kappa shape index (κ3) is 2.64. The number of aliphatic carboxylic acids is 3. The van der Waals surface area contributed by atoms with Crippen molar-refractivity contribution in [2.75, 3.05) is 0 Å². The Morgan fingerprint density at radius 3 is 1.83 bits per heavy atom. The second-order valence-electron chi connectivity index (χ2n) is 3.39. The molecule has 0 aliphatic carbocycles. The van der Waals surface area contributed by atoms with Crippen LogP contribution in [0.25, 0.3) is 0 Å². The summed E-state index contributed by atoms with van der Waals surface area (Å²) < 4.78 is 0. The fourth-order valence-electron chi connectivity index (χ4n) is 1.15. The summed E-state index contributed by atoms with van der Waals surface area (Å²) in [5, 5.41) is 44.1. The van der Waals surface area contributed by atoms with Crippen molar-refractivity contribution in [2.24, 2.45) is 11.5 Å². The Hall–Kier alpha value is -2.40. The van der Waals surface area contributed by atoms with Crippen LogP contribution >= 0.6 is 0 Å². The number of carbonyl (C=O) groups is 3. The Kier molecular flexibility index (Phi) is 4.20. The summed E-state index contributed by atoms with van der Waals surface area (Å²) in [5.74, 6) is -7.14. The van der Waals surface area contributed by atoms with E-state index in [0.29, 0.717) is 0 Å². The van der Waals surface area contributed by atoms with Gasteiger partial charge in [-0.05, 0) is 0 Å². The molecule has 10 N–H and O–H groups in total. The van der Waals surface area contributed by atoms with E-state index in [-0.39, 0.29) is 0 Å². The van der Waals surface area contributed by atoms with Gasteiger partial charge < -0.3 is 31.5 Å². The molecule has 0 aromatic heterocycles. The number of hydrogen-bond acceptors (Lipinski definition) is 6. The first-order chi connectivity index (χ1) is 7.97. The maximum Gasteiger partial charge on any atom is 0.348 e. The van der Waals surface area contributed by atoms with Gasteiger partial charge in [-0.1, -0.05) is 0 Å². The molecule has 0 spiro atoms. The number of nitrogens with two attached hydrogens (primary N) is 2. The van der Waals surface area contributed by atoms with Gasteiger partial charge in [0.15, 0.2) is 5.96 Å². The first-order valence-corrected chi connectivity index (χ1v) is 4.29. The van der Waals surface area contributed by atoms with Crippen LogP contribution in [0.4, 0.5) is 0 Å². The van der Waals surface area contributed by atoms with Gasteiger partial charge in [0.25, 0.3) is 0 Å². The van der Waals surface area contributed by atoms with Gasteiger partial charge in [0.05, 0.1) is 6.42 Å². The number of aliphatic hydroxyl groups is 1. The Morgan fingerprint density at radius 2 is 1.61 bits per heavy atom. The quantitative estimate of drug-likeness (QED) is 0.134. The smallest absolute Gasteiger partial charge is 0.348 e. The maximum absolute atomic E-state index is 10.9. The van der Waals surface area contributed by atoms with Crippen molar-refractivity contribution in [2.45, 2.75) is 17.7 Å². The molecular formula is C7H12N4O7. The highest BCUT2D eigenvalue weighted by Gasteiger charge is 2.61. The molecule has 0 saturated heterocycles. The SMILES string of the molecule is N=C(N)NC(N)(C(=O)O)C(O)(CC(=O)O)C(=O)O. The molecule has 18 heavy (non-hydrogen) atoms. The fraction of sp³-hybridized carbons (Fsp3) is 0.429. The topological polar surface area (TPSA) is 220 Å². The molecule has 0 aromatic carbocycles. The van der Waals surface area contributed by atoms with Gasteiger partial charge >= 0.3 is 17.9 Å². The molecule has 0 aliphatic rings. The highest BCUT2D eigenvalue weighted by atomic mass is 16.4. The normalized spacial score (nSPS) is 17.0. The molecule has 0 amide bonds. The van der Waals surface area contributed by atoms with Crippen molar-refractivity contribution in [3.05, 3.63) is 0 Å². The molecule has 0 aliphatic heterocycles. The van der Waals surface area contributed by atoms with E-state index in [0.717, 1.165) is 0 Å². The van der Waals surface area contributed by atoms with Crippen LogP contribution in [0.1, 0.15) is 6.42 Å². The summed E-state index contributed by atoms with van der Waals surface area (Å²) in [7, 11) is 0. The third-order valence-corrected chi connectivity index (χ3v) is 2.08. The number of guanidine groups is 1. The molecule has 0 radical (unpaired) electrons. The third-order valence-electron chi connectivity index (χ3n) is 2.08. The van der Waals surface area contributed by atoms with Gasteiger partial charge in [-0.25, -0.2) is 9.59 Å². The van der Waals surface area contributed by atoms with Crippen molar-refractivity contribution in [1.82, 2.24) is 5.32 Å². The van der Waals surface area contributed by atoms with Crippen molar-refractivity contribution in [3.63, 3.8) is 0 Å². The number of carboxylic acids is 3. The van der Waals surface area contributed by atoms with Gasteiger partial charge in [-0.15, -0.1) is 0 Å². The second kappa shape index (κ2) is 4.85. The zero-order valence-electron chi connectivity index (χ0n) is 8.88. The number of carboxylic acid groups (broad SMARTS) is 3. The molecule has 0 bridgehead atoms.